The molecule has 1 aliphatic heterocycles. The highest BCUT2D eigenvalue weighted by atomic mass is 19.1. The van der Waals surface area contributed by atoms with Crippen LogP contribution in [0, 0.1) is 11.2 Å². The van der Waals surface area contributed by atoms with Crippen molar-refractivity contribution in [2.45, 2.75) is 51.5 Å². The minimum absolute atomic E-state index is 0.253. The van der Waals surface area contributed by atoms with Gasteiger partial charge in [0.25, 0.3) is 0 Å². The largest absolute Gasteiger partial charge is 0.356 e. The van der Waals surface area contributed by atoms with Gasteiger partial charge < -0.3 is 15.5 Å². The zero-order valence-electron chi connectivity index (χ0n) is 15.4. The number of guanidine groups is 1. The van der Waals surface area contributed by atoms with Crippen LogP contribution in [-0.2, 0) is 0 Å². The summed E-state index contributed by atoms with van der Waals surface area (Å²) in [4.78, 5) is 10.6. The van der Waals surface area contributed by atoms with Gasteiger partial charge in [0.05, 0.1) is 0 Å². The van der Waals surface area contributed by atoms with Gasteiger partial charge in [-0.05, 0) is 43.2 Å². The van der Waals surface area contributed by atoms with Crippen molar-refractivity contribution in [3.05, 3.63) is 24.1 Å². The number of nitrogens with zero attached hydrogens (tertiary/aromatic N) is 3. The van der Waals surface area contributed by atoms with Crippen LogP contribution in [0.1, 0.15) is 45.4 Å². The first-order valence-electron chi connectivity index (χ1n) is 9.48. The Morgan fingerprint density at radius 3 is 2.92 bits per heavy atom. The Labute approximate surface area is 150 Å². The third kappa shape index (κ3) is 4.22. The fraction of sp³-hybridized carbons (Fsp3) is 0.684. The van der Waals surface area contributed by atoms with E-state index in [1.165, 1.54) is 38.2 Å². The van der Waals surface area contributed by atoms with Crippen LogP contribution in [-0.4, -0.2) is 43.7 Å². The van der Waals surface area contributed by atoms with E-state index in [1.54, 1.807) is 12.3 Å². The third-order valence-electron chi connectivity index (χ3n) is 5.84. The predicted molar refractivity (Wildman–Crippen MR) is 101 cm³/mol. The molecule has 1 aliphatic carbocycles. The molecule has 1 unspecified atom stereocenters. The van der Waals surface area contributed by atoms with E-state index in [0.29, 0.717) is 11.2 Å². The van der Waals surface area contributed by atoms with Gasteiger partial charge >= 0.3 is 0 Å². The van der Waals surface area contributed by atoms with Crippen LogP contribution in [0.2, 0.25) is 0 Å². The summed E-state index contributed by atoms with van der Waals surface area (Å²) in [5.41, 5.74) is 0.427. The monoisotopic (exact) mass is 347 g/mol. The van der Waals surface area contributed by atoms with Gasteiger partial charge in [0, 0.05) is 38.9 Å². The molecule has 0 spiro atoms. The van der Waals surface area contributed by atoms with E-state index < -0.39 is 0 Å². The van der Waals surface area contributed by atoms with Crippen molar-refractivity contribution < 1.29 is 4.39 Å². The first-order chi connectivity index (χ1) is 12.2. The van der Waals surface area contributed by atoms with E-state index >= 15 is 0 Å². The molecule has 25 heavy (non-hydrogen) atoms. The number of pyridine rings is 1. The average molecular weight is 347 g/mol. The maximum atomic E-state index is 13.9. The van der Waals surface area contributed by atoms with Gasteiger partial charge in [-0.25, -0.2) is 9.37 Å². The quantitative estimate of drug-likeness (QED) is 0.635. The van der Waals surface area contributed by atoms with E-state index in [-0.39, 0.29) is 11.9 Å². The maximum Gasteiger partial charge on any atom is 0.191 e. The lowest BCUT2D eigenvalue weighted by Gasteiger charge is -2.29. The minimum atomic E-state index is -0.253. The van der Waals surface area contributed by atoms with Crippen LogP contribution in [0.4, 0.5) is 10.2 Å². The average Bonchev–Trinajstić information content (AvgIpc) is 3.29. The van der Waals surface area contributed by atoms with Gasteiger partial charge in [-0.1, -0.05) is 19.8 Å². The lowest BCUT2D eigenvalue weighted by Crippen LogP contribution is -2.47. The molecular weight excluding hydrogens is 317 g/mol. The van der Waals surface area contributed by atoms with E-state index in [4.69, 9.17) is 0 Å². The van der Waals surface area contributed by atoms with Gasteiger partial charge in [-0.3, -0.25) is 4.99 Å². The molecule has 2 fully saturated rings. The van der Waals surface area contributed by atoms with Crippen LogP contribution >= 0.6 is 0 Å². The molecule has 1 saturated carbocycles. The van der Waals surface area contributed by atoms with Crippen molar-refractivity contribution in [3.8, 4) is 0 Å². The Morgan fingerprint density at radius 2 is 2.24 bits per heavy atom. The number of aliphatic imine (C=N–C) groups is 1. The maximum absolute atomic E-state index is 13.9. The van der Waals surface area contributed by atoms with E-state index in [0.717, 1.165) is 32.0 Å². The molecule has 0 bridgehead atoms. The summed E-state index contributed by atoms with van der Waals surface area (Å²) in [6.45, 7) is 4.82. The summed E-state index contributed by atoms with van der Waals surface area (Å²) in [5.74, 6) is 1.05. The van der Waals surface area contributed by atoms with Gasteiger partial charge in [0.15, 0.2) is 17.6 Å². The second-order valence-electron chi connectivity index (χ2n) is 7.37. The Morgan fingerprint density at radius 1 is 1.44 bits per heavy atom. The van der Waals surface area contributed by atoms with Crippen molar-refractivity contribution in [1.29, 1.82) is 0 Å². The molecule has 2 heterocycles. The number of aromatic nitrogens is 1. The Hall–Kier alpha value is -1.85. The van der Waals surface area contributed by atoms with Gasteiger partial charge in [0.2, 0.25) is 0 Å². The number of anilines is 1. The molecule has 0 radical (unpaired) electrons. The van der Waals surface area contributed by atoms with Crippen LogP contribution in [0.25, 0.3) is 0 Å². The Bertz CT molecular complexity index is 597. The molecule has 3 rings (SSSR count). The molecule has 6 heteroatoms. The molecule has 138 valence electrons. The highest BCUT2D eigenvalue weighted by Crippen LogP contribution is 2.40. The summed E-state index contributed by atoms with van der Waals surface area (Å²) in [5, 5.41) is 7.02. The van der Waals surface area contributed by atoms with E-state index in [9.17, 15) is 4.39 Å². The van der Waals surface area contributed by atoms with E-state index in [2.05, 4.69) is 27.5 Å². The highest BCUT2D eigenvalue weighted by Gasteiger charge is 2.32. The Balaban J connectivity index is 1.52. The predicted octanol–water partition coefficient (Wildman–Crippen LogP) is 2.93. The molecular formula is C19H30FN5. The normalized spacial score (nSPS) is 23.1. The van der Waals surface area contributed by atoms with Gasteiger partial charge in [0.1, 0.15) is 0 Å². The molecule has 2 N–H and O–H groups in total. The molecule has 0 aromatic carbocycles. The molecule has 0 amide bonds. The first kappa shape index (κ1) is 18.0. The Kier molecular flexibility index (Phi) is 5.76. The number of rotatable bonds is 5. The van der Waals surface area contributed by atoms with Crippen molar-refractivity contribution in [2.75, 3.05) is 31.6 Å². The van der Waals surface area contributed by atoms with Crippen LogP contribution < -0.4 is 15.5 Å². The van der Waals surface area contributed by atoms with E-state index in [1.807, 2.05) is 11.9 Å². The standard InChI is InChI=1S/C19H30FN5/c1-3-19(9-4-5-10-19)14-23-18(21-2)24-15-8-12-25(13-15)17-16(20)7-6-11-22-17/h6-7,11,15H,3-5,8-10,12-14H2,1-2H3,(H2,21,23,24). The molecule has 2 aliphatic rings. The van der Waals surface area contributed by atoms with Crippen LogP contribution in [0.3, 0.4) is 0 Å². The summed E-state index contributed by atoms with van der Waals surface area (Å²) in [7, 11) is 1.81. The summed E-state index contributed by atoms with van der Waals surface area (Å²) in [6.07, 6.45) is 9.12. The number of nitrogens with one attached hydrogen (secondary N) is 2. The fourth-order valence-corrected chi connectivity index (χ4v) is 4.12. The molecule has 1 saturated heterocycles. The highest BCUT2D eigenvalue weighted by molar-refractivity contribution is 5.80. The van der Waals surface area contributed by atoms with Gasteiger partial charge in [-0.15, -0.1) is 0 Å². The van der Waals surface area contributed by atoms with Crippen molar-refractivity contribution in [1.82, 2.24) is 15.6 Å². The SMILES string of the molecule is CCC1(CNC(=NC)NC2CCN(c3ncccc3F)C2)CCCC1. The minimum Gasteiger partial charge on any atom is -0.356 e. The second kappa shape index (κ2) is 8.02. The van der Waals surface area contributed by atoms with Crippen molar-refractivity contribution in [2.24, 2.45) is 10.4 Å². The third-order valence-corrected chi connectivity index (χ3v) is 5.84. The molecule has 1 aromatic rings. The zero-order valence-corrected chi connectivity index (χ0v) is 15.4. The molecule has 1 aromatic heterocycles. The van der Waals surface area contributed by atoms with Crippen LogP contribution in [0.5, 0.6) is 0 Å². The van der Waals surface area contributed by atoms with Crippen molar-refractivity contribution in [3.63, 3.8) is 0 Å². The molecule has 5 nitrogen and oxygen atoms in total. The second-order valence-corrected chi connectivity index (χ2v) is 7.37. The number of hydrogen-bond donors (Lipinski definition) is 2. The number of halogens is 1. The van der Waals surface area contributed by atoms with Crippen LogP contribution in [0.15, 0.2) is 23.3 Å². The lowest BCUT2D eigenvalue weighted by atomic mass is 9.83. The lowest BCUT2D eigenvalue weighted by molar-refractivity contribution is 0.283. The summed E-state index contributed by atoms with van der Waals surface area (Å²) < 4.78 is 13.9. The summed E-state index contributed by atoms with van der Waals surface area (Å²) >= 11 is 0. The topological polar surface area (TPSA) is 52.6 Å². The van der Waals surface area contributed by atoms with Crippen molar-refractivity contribution >= 4 is 11.8 Å². The summed E-state index contributed by atoms with van der Waals surface area (Å²) in [6, 6.07) is 3.35. The number of hydrogen-bond acceptors (Lipinski definition) is 3. The first-order valence-corrected chi connectivity index (χ1v) is 9.48. The molecule has 1 atom stereocenters. The zero-order chi connectivity index (χ0) is 17.7. The fourth-order valence-electron chi connectivity index (χ4n) is 4.12. The van der Waals surface area contributed by atoms with Gasteiger partial charge in [-0.2, -0.15) is 0 Å². The smallest absolute Gasteiger partial charge is 0.191 e.